The van der Waals surface area contributed by atoms with Crippen LogP contribution in [0.25, 0.3) is 22.3 Å². The average Bonchev–Trinajstić information content (AvgIpc) is 2.67. The third-order valence-corrected chi connectivity index (χ3v) is 3.85. The standard InChI is InChI=1S/C22H20N2O2/c23-20(14-22(24)25)15-26-21-12-18(16-7-3-1-4-8-16)11-19(13-21)17-9-5-2-6-10-17/h1-14H,15,23H2,(H2,24,25)/b20-14-. The summed E-state index contributed by atoms with van der Waals surface area (Å²) in [6.45, 7) is 0.0927. The summed E-state index contributed by atoms with van der Waals surface area (Å²) in [7, 11) is 0. The molecule has 0 aliphatic carbocycles. The van der Waals surface area contributed by atoms with Gasteiger partial charge in [-0.3, -0.25) is 4.79 Å². The fourth-order valence-electron chi connectivity index (χ4n) is 2.67. The first-order valence-corrected chi connectivity index (χ1v) is 8.26. The summed E-state index contributed by atoms with van der Waals surface area (Å²) in [5.41, 5.74) is 15.4. The molecule has 130 valence electrons. The molecule has 0 atom stereocenters. The molecule has 4 nitrogen and oxygen atoms in total. The van der Waals surface area contributed by atoms with Gasteiger partial charge in [0, 0.05) is 6.08 Å². The maximum atomic E-state index is 10.9. The molecule has 0 bridgehead atoms. The van der Waals surface area contributed by atoms with Crippen molar-refractivity contribution in [1.29, 1.82) is 0 Å². The molecule has 4 N–H and O–H groups in total. The Morgan fingerprint density at radius 1 is 0.769 bits per heavy atom. The van der Waals surface area contributed by atoms with Gasteiger partial charge in [-0.05, 0) is 40.5 Å². The predicted octanol–water partition coefficient (Wildman–Crippen LogP) is 3.73. The molecule has 1 amide bonds. The summed E-state index contributed by atoms with van der Waals surface area (Å²) in [5.74, 6) is 0.0835. The first-order valence-electron chi connectivity index (χ1n) is 8.26. The zero-order valence-corrected chi connectivity index (χ0v) is 14.3. The fraction of sp³-hybridized carbons (Fsp3) is 0.0455. The number of carbonyl (C=O) groups excluding carboxylic acids is 1. The summed E-state index contributed by atoms with van der Waals surface area (Å²) in [4.78, 5) is 10.9. The van der Waals surface area contributed by atoms with E-state index in [0.717, 1.165) is 22.3 Å². The molecule has 0 aliphatic heterocycles. The Balaban J connectivity index is 1.97. The lowest BCUT2D eigenvalue weighted by atomic mass is 9.98. The van der Waals surface area contributed by atoms with Gasteiger partial charge in [0.2, 0.25) is 5.91 Å². The summed E-state index contributed by atoms with van der Waals surface area (Å²) in [5, 5.41) is 0. The third-order valence-electron chi connectivity index (χ3n) is 3.85. The number of primary amides is 1. The van der Waals surface area contributed by atoms with Gasteiger partial charge in [0.05, 0.1) is 5.70 Å². The van der Waals surface area contributed by atoms with E-state index >= 15 is 0 Å². The maximum absolute atomic E-state index is 10.9. The fourth-order valence-corrected chi connectivity index (χ4v) is 2.67. The lowest BCUT2D eigenvalue weighted by Crippen LogP contribution is -2.15. The van der Waals surface area contributed by atoms with Gasteiger partial charge in [-0.25, -0.2) is 0 Å². The van der Waals surface area contributed by atoms with Gasteiger partial charge >= 0.3 is 0 Å². The maximum Gasteiger partial charge on any atom is 0.243 e. The van der Waals surface area contributed by atoms with Crippen LogP contribution in [0.4, 0.5) is 0 Å². The van der Waals surface area contributed by atoms with Crippen LogP contribution in [0.3, 0.4) is 0 Å². The van der Waals surface area contributed by atoms with Gasteiger partial charge in [0.1, 0.15) is 12.4 Å². The number of benzene rings is 3. The molecular formula is C22H20N2O2. The minimum absolute atomic E-state index is 0.0927. The second-order valence-electron chi connectivity index (χ2n) is 5.89. The van der Waals surface area contributed by atoms with Crippen LogP contribution in [0, 0.1) is 0 Å². The molecule has 3 rings (SSSR count). The van der Waals surface area contributed by atoms with Crippen molar-refractivity contribution in [3.8, 4) is 28.0 Å². The molecular weight excluding hydrogens is 324 g/mol. The largest absolute Gasteiger partial charge is 0.487 e. The first kappa shape index (κ1) is 17.3. The molecule has 0 unspecified atom stereocenters. The Hall–Kier alpha value is -3.53. The van der Waals surface area contributed by atoms with E-state index in [-0.39, 0.29) is 12.3 Å². The van der Waals surface area contributed by atoms with Crippen molar-refractivity contribution < 1.29 is 9.53 Å². The van der Waals surface area contributed by atoms with Crippen molar-refractivity contribution in [3.63, 3.8) is 0 Å². The minimum atomic E-state index is -0.589. The Kier molecular flexibility index (Phi) is 5.34. The molecule has 3 aromatic carbocycles. The van der Waals surface area contributed by atoms with Crippen LogP contribution in [0.1, 0.15) is 0 Å². The molecule has 3 aromatic rings. The van der Waals surface area contributed by atoms with Gasteiger partial charge in [0.25, 0.3) is 0 Å². The van der Waals surface area contributed by atoms with Gasteiger partial charge in [-0.2, -0.15) is 0 Å². The zero-order valence-electron chi connectivity index (χ0n) is 14.3. The first-order chi connectivity index (χ1) is 12.6. The molecule has 0 aromatic heterocycles. The smallest absolute Gasteiger partial charge is 0.243 e. The number of amides is 1. The normalized spacial score (nSPS) is 11.2. The molecule has 0 radical (unpaired) electrons. The molecule has 0 saturated carbocycles. The Bertz CT molecular complexity index is 862. The lowest BCUT2D eigenvalue weighted by molar-refractivity contribution is -0.113. The van der Waals surface area contributed by atoms with Crippen molar-refractivity contribution >= 4 is 5.91 Å². The van der Waals surface area contributed by atoms with E-state index in [4.69, 9.17) is 16.2 Å². The van der Waals surface area contributed by atoms with Crippen LogP contribution < -0.4 is 16.2 Å². The van der Waals surface area contributed by atoms with Gasteiger partial charge in [0.15, 0.2) is 0 Å². The Morgan fingerprint density at radius 2 is 1.27 bits per heavy atom. The summed E-state index contributed by atoms with van der Waals surface area (Å²) >= 11 is 0. The molecule has 4 heteroatoms. The van der Waals surface area contributed by atoms with Gasteiger partial charge < -0.3 is 16.2 Å². The van der Waals surface area contributed by atoms with Gasteiger partial charge in [-0.1, -0.05) is 60.7 Å². The predicted molar refractivity (Wildman–Crippen MR) is 104 cm³/mol. The topological polar surface area (TPSA) is 78.3 Å². The minimum Gasteiger partial charge on any atom is -0.487 e. The molecule has 0 aliphatic rings. The number of nitrogens with two attached hydrogens (primary N) is 2. The SMILES string of the molecule is NC(=O)/C=C(\N)COc1cc(-c2ccccc2)cc(-c2ccccc2)c1. The Morgan fingerprint density at radius 3 is 1.73 bits per heavy atom. The van der Waals surface area contributed by atoms with Crippen molar-refractivity contribution in [2.45, 2.75) is 0 Å². The highest BCUT2D eigenvalue weighted by Crippen LogP contribution is 2.31. The van der Waals surface area contributed by atoms with E-state index in [1.807, 2.05) is 48.5 Å². The van der Waals surface area contributed by atoms with Crippen LogP contribution in [-0.2, 0) is 4.79 Å². The summed E-state index contributed by atoms with van der Waals surface area (Å²) in [6.07, 6.45) is 1.17. The number of rotatable bonds is 6. The highest BCUT2D eigenvalue weighted by molar-refractivity contribution is 5.86. The van der Waals surface area contributed by atoms with E-state index in [2.05, 4.69) is 30.3 Å². The lowest BCUT2D eigenvalue weighted by Gasteiger charge is -2.12. The number of hydrogen-bond donors (Lipinski definition) is 2. The van der Waals surface area contributed by atoms with Crippen LogP contribution in [0.15, 0.2) is 90.6 Å². The van der Waals surface area contributed by atoms with Crippen molar-refractivity contribution in [2.75, 3.05) is 6.61 Å². The molecule has 0 spiro atoms. The number of carbonyl (C=O) groups is 1. The molecule has 0 saturated heterocycles. The molecule has 0 fully saturated rings. The van der Waals surface area contributed by atoms with Crippen molar-refractivity contribution in [2.24, 2.45) is 11.5 Å². The van der Waals surface area contributed by atoms with Crippen molar-refractivity contribution in [3.05, 3.63) is 90.6 Å². The van der Waals surface area contributed by atoms with Crippen LogP contribution in [-0.4, -0.2) is 12.5 Å². The van der Waals surface area contributed by atoms with E-state index in [1.54, 1.807) is 0 Å². The van der Waals surface area contributed by atoms with Crippen LogP contribution >= 0.6 is 0 Å². The van der Waals surface area contributed by atoms with E-state index in [0.29, 0.717) is 5.75 Å². The quantitative estimate of drug-likeness (QED) is 0.669. The van der Waals surface area contributed by atoms with E-state index < -0.39 is 5.91 Å². The number of hydrogen-bond acceptors (Lipinski definition) is 3. The number of ether oxygens (including phenoxy) is 1. The summed E-state index contributed by atoms with van der Waals surface area (Å²) in [6, 6.07) is 26.2. The van der Waals surface area contributed by atoms with E-state index in [1.165, 1.54) is 6.08 Å². The second kappa shape index (κ2) is 8.03. The Labute approximate surface area is 152 Å². The van der Waals surface area contributed by atoms with Crippen LogP contribution in [0.2, 0.25) is 0 Å². The third kappa shape index (κ3) is 4.51. The highest BCUT2D eigenvalue weighted by atomic mass is 16.5. The van der Waals surface area contributed by atoms with E-state index in [9.17, 15) is 4.79 Å². The average molecular weight is 344 g/mol. The van der Waals surface area contributed by atoms with Crippen molar-refractivity contribution in [1.82, 2.24) is 0 Å². The second-order valence-corrected chi connectivity index (χ2v) is 5.89. The zero-order chi connectivity index (χ0) is 18.4. The molecule has 0 heterocycles. The highest BCUT2D eigenvalue weighted by Gasteiger charge is 2.07. The van der Waals surface area contributed by atoms with Crippen LogP contribution in [0.5, 0.6) is 5.75 Å². The summed E-state index contributed by atoms with van der Waals surface area (Å²) < 4.78 is 5.79. The molecule has 26 heavy (non-hydrogen) atoms. The monoisotopic (exact) mass is 344 g/mol. The van der Waals surface area contributed by atoms with Gasteiger partial charge in [-0.15, -0.1) is 0 Å².